The summed E-state index contributed by atoms with van der Waals surface area (Å²) in [6.07, 6.45) is 5.76. The van der Waals surface area contributed by atoms with E-state index in [1.165, 1.54) is 25.0 Å². The van der Waals surface area contributed by atoms with Crippen molar-refractivity contribution in [1.82, 2.24) is 5.32 Å². The van der Waals surface area contributed by atoms with Gasteiger partial charge in [0.25, 0.3) is 0 Å². The molecule has 1 N–H and O–H groups in total. The van der Waals surface area contributed by atoms with Crippen LogP contribution in [0.25, 0.3) is 0 Å². The van der Waals surface area contributed by atoms with Gasteiger partial charge < -0.3 is 10.1 Å². The van der Waals surface area contributed by atoms with Crippen LogP contribution < -0.4 is 5.32 Å². The van der Waals surface area contributed by atoms with Gasteiger partial charge in [-0.15, -0.1) is 6.58 Å². The maximum atomic E-state index is 5.37. The molecule has 3 heteroatoms. The molecule has 0 radical (unpaired) electrons. The second-order valence-electron chi connectivity index (χ2n) is 4.51. The molecule has 1 aliphatic rings. The predicted octanol–water partition coefficient (Wildman–Crippen LogP) is 2.70. The van der Waals surface area contributed by atoms with Crippen LogP contribution >= 0.6 is 11.8 Å². The van der Waals surface area contributed by atoms with Crippen molar-refractivity contribution < 1.29 is 4.74 Å². The van der Waals surface area contributed by atoms with Gasteiger partial charge in [-0.25, -0.2) is 0 Å². The maximum Gasteiger partial charge on any atom is 0.0468 e. The molecule has 2 nitrogen and oxygen atoms in total. The zero-order chi connectivity index (χ0) is 11.6. The van der Waals surface area contributed by atoms with Crippen molar-refractivity contribution in [1.29, 1.82) is 0 Å². The minimum absolute atomic E-state index is 0.646. The molecule has 1 saturated heterocycles. The Morgan fingerprint density at radius 2 is 2.25 bits per heavy atom. The summed E-state index contributed by atoms with van der Waals surface area (Å²) in [5.41, 5.74) is 0. The Labute approximate surface area is 104 Å². The molecule has 0 bridgehead atoms. The van der Waals surface area contributed by atoms with E-state index >= 15 is 0 Å². The Kier molecular flexibility index (Phi) is 7.99. The van der Waals surface area contributed by atoms with Crippen LogP contribution in [0.4, 0.5) is 0 Å². The van der Waals surface area contributed by atoms with Crippen LogP contribution in [0.1, 0.15) is 26.2 Å². The Balaban J connectivity index is 1.96. The fourth-order valence-corrected chi connectivity index (χ4v) is 2.71. The summed E-state index contributed by atoms with van der Waals surface area (Å²) >= 11 is 1.94. The molecule has 1 heterocycles. The van der Waals surface area contributed by atoms with Crippen LogP contribution in [0.5, 0.6) is 0 Å². The zero-order valence-corrected chi connectivity index (χ0v) is 11.2. The highest BCUT2D eigenvalue weighted by Crippen LogP contribution is 2.19. The molecule has 16 heavy (non-hydrogen) atoms. The average molecular weight is 243 g/mol. The summed E-state index contributed by atoms with van der Waals surface area (Å²) in [6.45, 7) is 9.06. The first-order chi connectivity index (χ1) is 7.83. The lowest BCUT2D eigenvalue weighted by Gasteiger charge is -2.25. The number of hydrogen-bond acceptors (Lipinski definition) is 3. The fraction of sp³-hybridized carbons (Fsp3) is 0.846. The van der Waals surface area contributed by atoms with Gasteiger partial charge in [0.1, 0.15) is 0 Å². The molecule has 1 unspecified atom stereocenters. The Hall–Kier alpha value is 0.01000. The second kappa shape index (κ2) is 9.08. The van der Waals surface area contributed by atoms with Gasteiger partial charge in [0.2, 0.25) is 0 Å². The van der Waals surface area contributed by atoms with Crippen LogP contribution in [-0.2, 0) is 4.74 Å². The Bertz CT molecular complexity index is 181. The third-order valence-electron chi connectivity index (χ3n) is 3.00. The minimum atomic E-state index is 0.646. The number of rotatable bonds is 8. The fourth-order valence-electron chi connectivity index (χ4n) is 2.11. The first-order valence-electron chi connectivity index (χ1n) is 6.32. The molecular formula is C13H25NOS. The lowest BCUT2D eigenvalue weighted by molar-refractivity contribution is 0.0613. The van der Waals surface area contributed by atoms with Crippen molar-refractivity contribution >= 4 is 11.8 Å². The molecule has 94 valence electrons. The van der Waals surface area contributed by atoms with E-state index in [1.54, 1.807) is 0 Å². The SMILES string of the molecule is C=CCSCCNC(C)CC1CCOCC1. The molecule has 0 aliphatic carbocycles. The van der Waals surface area contributed by atoms with E-state index in [9.17, 15) is 0 Å². The predicted molar refractivity (Wildman–Crippen MR) is 73.1 cm³/mol. The minimum Gasteiger partial charge on any atom is -0.381 e. The summed E-state index contributed by atoms with van der Waals surface area (Å²) in [5, 5.41) is 3.59. The van der Waals surface area contributed by atoms with Crippen molar-refractivity contribution in [2.45, 2.75) is 32.2 Å². The van der Waals surface area contributed by atoms with Crippen molar-refractivity contribution in [2.75, 3.05) is 31.3 Å². The van der Waals surface area contributed by atoms with E-state index in [1.807, 2.05) is 17.8 Å². The molecular weight excluding hydrogens is 218 g/mol. The molecule has 0 aromatic carbocycles. The molecule has 0 spiro atoms. The summed E-state index contributed by atoms with van der Waals surface area (Å²) in [4.78, 5) is 0. The van der Waals surface area contributed by atoms with Gasteiger partial charge >= 0.3 is 0 Å². The van der Waals surface area contributed by atoms with Gasteiger partial charge in [-0.3, -0.25) is 0 Å². The standard InChI is InChI=1S/C13H25NOS/c1-3-9-16-10-6-14-12(2)11-13-4-7-15-8-5-13/h3,12-14H,1,4-11H2,2H3. The van der Waals surface area contributed by atoms with E-state index in [4.69, 9.17) is 4.74 Å². The molecule has 1 aliphatic heterocycles. The first-order valence-corrected chi connectivity index (χ1v) is 7.48. The van der Waals surface area contributed by atoms with E-state index in [0.29, 0.717) is 6.04 Å². The normalized spacial score (nSPS) is 19.6. The Morgan fingerprint density at radius 3 is 2.94 bits per heavy atom. The molecule has 0 amide bonds. The quantitative estimate of drug-likeness (QED) is 0.523. The summed E-state index contributed by atoms with van der Waals surface area (Å²) < 4.78 is 5.37. The number of ether oxygens (including phenoxy) is 1. The topological polar surface area (TPSA) is 21.3 Å². The highest BCUT2D eigenvalue weighted by Gasteiger charge is 2.16. The van der Waals surface area contributed by atoms with Gasteiger partial charge in [-0.05, 0) is 32.1 Å². The third kappa shape index (κ3) is 6.56. The smallest absolute Gasteiger partial charge is 0.0468 e. The first kappa shape index (κ1) is 14.1. The lowest BCUT2D eigenvalue weighted by atomic mass is 9.93. The van der Waals surface area contributed by atoms with E-state index in [0.717, 1.165) is 31.4 Å². The lowest BCUT2D eigenvalue weighted by Crippen LogP contribution is -2.31. The molecule has 1 rings (SSSR count). The molecule has 0 saturated carbocycles. The van der Waals surface area contributed by atoms with Gasteiger partial charge in [-0.2, -0.15) is 11.8 Å². The summed E-state index contributed by atoms with van der Waals surface area (Å²) in [7, 11) is 0. The van der Waals surface area contributed by atoms with E-state index in [-0.39, 0.29) is 0 Å². The summed E-state index contributed by atoms with van der Waals surface area (Å²) in [6, 6.07) is 0.646. The van der Waals surface area contributed by atoms with Gasteiger partial charge in [0, 0.05) is 37.3 Å². The van der Waals surface area contributed by atoms with Crippen molar-refractivity contribution in [3.63, 3.8) is 0 Å². The van der Waals surface area contributed by atoms with Crippen molar-refractivity contribution in [3.8, 4) is 0 Å². The van der Waals surface area contributed by atoms with Gasteiger partial charge in [0.15, 0.2) is 0 Å². The van der Waals surface area contributed by atoms with Crippen LogP contribution in [0.2, 0.25) is 0 Å². The molecule has 1 fully saturated rings. The molecule has 0 aromatic heterocycles. The molecule has 1 atom stereocenters. The zero-order valence-electron chi connectivity index (χ0n) is 10.4. The van der Waals surface area contributed by atoms with Gasteiger partial charge in [0.05, 0.1) is 0 Å². The van der Waals surface area contributed by atoms with E-state index < -0.39 is 0 Å². The van der Waals surface area contributed by atoms with Crippen LogP contribution in [-0.4, -0.2) is 37.3 Å². The van der Waals surface area contributed by atoms with Crippen LogP contribution in [0, 0.1) is 5.92 Å². The molecule has 0 aromatic rings. The maximum absolute atomic E-state index is 5.37. The highest BCUT2D eigenvalue weighted by atomic mass is 32.2. The van der Waals surface area contributed by atoms with Gasteiger partial charge in [-0.1, -0.05) is 6.08 Å². The number of nitrogens with one attached hydrogen (secondary N) is 1. The van der Waals surface area contributed by atoms with E-state index in [2.05, 4.69) is 18.8 Å². The number of hydrogen-bond donors (Lipinski definition) is 1. The second-order valence-corrected chi connectivity index (χ2v) is 5.66. The Morgan fingerprint density at radius 1 is 1.50 bits per heavy atom. The largest absolute Gasteiger partial charge is 0.381 e. The summed E-state index contributed by atoms with van der Waals surface area (Å²) in [5.74, 6) is 3.12. The van der Waals surface area contributed by atoms with Crippen molar-refractivity contribution in [2.24, 2.45) is 5.92 Å². The van der Waals surface area contributed by atoms with Crippen LogP contribution in [0.15, 0.2) is 12.7 Å². The van der Waals surface area contributed by atoms with Crippen molar-refractivity contribution in [3.05, 3.63) is 12.7 Å². The average Bonchev–Trinajstić information content (AvgIpc) is 2.30. The third-order valence-corrected chi connectivity index (χ3v) is 3.97. The van der Waals surface area contributed by atoms with Crippen LogP contribution in [0.3, 0.4) is 0 Å². The monoisotopic (exact) mass is 243 g/mol. The number of thioether (sulfide) groups is 1. The highest BCUT2D eigenvalue weighted by molar-refractivity contribution is 7.99.